The van der Waals surface area contributed by atoms with Crippen molar-refractivity contribution >= 4 is 18.3 Å². The van der Waals surface area contributed by atoms with Gasteiger partial charge >= 0.3 is 6.18 Å². The van der Waals surface area contributed by atoms with E-state index < -0.39 is 11.7 Å². The number of nitrogens with one attached hydrogen (secondary N) is 1. The van der Waals surface area contributed by atoms with E-state index in [9.17, 15) is 13.2 Å². The maximum atomic E-state index is 12.5. The molecule has 0 atom stereocenters. The van der Waals surface area contributed by atoms with Crippen molar-refractivity contribution in [3.63, 3.8) is 0 Å². The lowest BCUT2D eigenvalue weighted by Gasteiger charge is -2.13. The molecule has 0 amide bonds. The first-order valence-electron chi connectivity index (χ1n) is 5.04. The molecule has 1 nitrogen and oxygen atoms in total. The van der Waals surface area contributed by atoms with Crippen LogP contribution in [-0.2, 0) is 11.9 Å². The lowest BCUT2D eigenvalue weighted by atomic mass is 10.1. The number of thiol groups is 1. The molecule has 16 heavy (non-hydrogen) atoms. The van der Waals surface area contributed by atoms with Crippen molar-refractivity contribution in [1.82, 2.24) is 0 Å². The molecular formula is C11H14F3NS. The Morgan fingerprint density at radius 1 is 1.31 bits per heavy atom. The van der Waals surface area contributed by atoms with Crippen molar-refractivity contribution in [2.75, 3.05) is 11.9 Å². The van der Waals surface area contributed by atoms with Crippen LogP contribution in [0.5, 0.6) is 0 Å². The summed E-state index contributed by atoms with van der Waals surface area (Å²) in [5.74, 6) is 0.421. The van der Waals surface area contributed by atoms with Crippen LogP contribution in [0.4, 0.5) is 18.9 Å². The number of rotatable bonds is 4. The Morgan fingerprint density at radius 2 is 2.00 bits per heavy atom. The van der Waals surface area contributed by atoms with Crippen molar-refractivity contribution in [3.05, 3.63) is 29.3 Å². The fourth-order valence-electron chi connectivity index (χ4n) is 1.31. The van der Waals surface area contributed by atoms with Crippen molar-refractivity contribution in [2.45, 2.75) is 25.3 Å². The summed E-state index contributed by atoms with van der Waals surface area (Å²) in [5.41, 5.74) is 0.674. The highest BCUT2D eigenvalue weighted by atomic mass is 32.1. The van der Waals surface area contributed by atoms with Crippen LogP contribution in [-0.4, -0.2) is 6.54 Å². The van der Waals surface area contributed by atoms with E-state index in [1.165, 1.54) is 6.07 Å². The van der Waals surface area contributed by atoms with Gasteiger partial charge in [0.2, 0.25) is 0 Å². The maximum absolute atomic E-state index is 12.5. The second-order valence-electron chi connectivity index (χ2n) is 3.45. The van der Waals surface area contributed by atoms with Crippen LogP contribution in [0, 0.1) is 0 Å². The van der Waals surface area contributed by atoms with Gasteiger partial charge in [0.15, 0.2) is 0 Å². The normalized spacial score (nSPS) is 11.6. The van der Waals surface area contributed by atoms with E-state index in [0.717, 1.165) is 24.1 Å². The van der Waals surface area contributed by atoms with Gasteiger partial charge in [0, 0.05) is 18.0 Å². The first-order chi connectivity index (χ1) is 7.49. The third-order valence-corrected chi connectivity index (χ3v) is 2.51. The molecule has 0 fully saturated rings. The van der Waals surface area contributed by atoms with Gasteiger partial charge in [0.1, 0.15) is 0 Å². The van der Waals surface area contributed by atoms with Crippen LogP contribution in [0.25, 0.3) is 0 Å². The molecule has 1 rings (SSSR count). The monoisotopic (exact) mass is 249 g/mol. The molecule has 0 radical (unpaired) electrons. The minimum Gasteiger partial charge on any atom is -0.385 e. The largest absolute Gasteiger partial charge is 0.416 e. The molecule has 0 aliphatic heterocycles. The summed E-state index contributed by atoms with van der Waals surface area (Å²) in [6, 6.07) is 3.69. The average molecular weight is 249 g/mol. The van der Waals surface area contributed by atoms with Crippen LogP contribution >= 0.6 is 12.6 Å². The molecule has 0 aliphatic rings. The number of halogens is 3. The number of alkyl halides is 3. The van der Waals surface area contributed by atoms with Gasteiger partial charge in [-0.3, -0.25) is 0 Å². The maximum Gasteiger partial charge on any atom is 0.416 e. The Morgan fingerprint density at radius 3 is 2.50 bits per heavy atom. The van der Waals surface area contributed by atoms with Gasteiger partial charge in [0.25, 0.3) is 0 Å². The first kappa shape index (κ1) is 13.2. The smallest absolute Gasteiger partial charge is 0.385 e. The number of hydrogen-bond acceptors (Lipinski definition) is 2. The molecule has 5 heteroatoms. The van der Waals surface area contributed by atoms with E-state index in [4.69, 9.17) is 0 Å². The van der Waals surface area contributed by atoms with Gasteiger partial charge in [-0.25, -0.2) is 0 Å². The molecule has 0 saturated heterocycles. The molecular weight excluding hydrogens is 235 g/mol. The summed E-state index contributed by atoms with van der Waals surface area (Å²) >= 11 is 4.09. The standard InChI is InChI=1S/C11H14F3NS/c1-2-5-15-10-6-9(11(12,13)14)4-3-8(10)7-16/h3-4,6,15-16H,2,5,7H2,1H3. The minimum absolute atomic E-state index is 0.421. The molecule has 90 valence electrons. The van der Waals surface area contributed by atoms with E-state index in [1.54, 1.807) is 0 Å². The van der Waals surface area contributed by atoms with Crippen LogP contribution in [0.3, 0.4) is 0 Å². The first-order valence-corrected chi connectivity index (χ1v) is 5.67. The predicted molar refractivity (Wildman–Crippen MR) is 62.9 cm³/mol. The molecule has 0 spiro atoms. The highest BCUT2D eigenvalue weighted by Gasteiger charge is 2.30. The summed E-state index contributed by atoms with van der Waals surface area (Å²) in [6.07, 6.45) is -3.43. The SMILES string of the molecule is CCCNc1cc(C(F)(F)F)ccc1CS. The Balaban J connectivity index is 3.01. The molecule has 1 N–H and O–H groups in total. The summed E-state index contributed by atoms with van der Waals surface area (Å²) in [4.78, 5) is 0. The highest BCUT2D eigenvalue weighted by molar-refractivity contribution is 7.79. The number of anilines is 1. The predicted octanol–water partition coefficient (Wildman–Crippen LogP) is 3.96. The zero-order valence-corrected chi connectivity index (χ0v) is 9.83. The zero-order valence-electron chi connectivity index (χ0n) is 8.93. The van der Waals surface area contributed by atoms with Gasteiger partial charge in [-0.05, 0) is 24.1 Å². The molecule has 0 aromatic heterocycles. The molecule has 0 bridgehead atoms. The molecule has 1 aromatic carbocycles. The van der Waals surface area contributed by atoms with Crippen LogP contribution in [0.2, 0.25) is 0 Å². The van der Waals surface area contributed by atoms with Crippen molar-refractivity contribution in [1.29, 1.82) is 0 Å². The highest BCUT2D eigenvalue weighted by Crippen LogP contribution is 2.32. The molecule has 1 aromatic rings. The summed E-state index contributed by atoms with van der Waals surface area (Å²) < 4.78 is 37.4. The fourth-order valence-corrected chi connectivity index (χ4v) is 1.59. The molecule has 0 saturated carbocycles. The Kier molecular flexibility index (Phi) is 4.53. The van der Waals surface area contributed by atoms with Gasteiger partial charge in [-0.1, -0.05) is 13.0 Å². The van der Waals surface area contributed by atoms with E-state index in [2.05, 4.69) is 17.9 Å². The second kappa shape index (κ2) is 5.48. The van der Waals surface area contributed by atoms with Crippen LogP contribution in [0.1, 0.15) is 24.5 Å². The van der Waals surface area contributed by atoms with E-state index in [1.807, 2.05) is 6.92 Å². The lowest BCUT2D eigenvalue weighted by Crippen LogP contribution is -2.08. The summed E-state index contributed by atoms with van der Waals surface area (Å²) in [5, 5.41) is 2.98. The third-order valence-electron chi connectivity index (χ3n) is 2.17. The number of hydrogen-bond donors (Lipinski definition) is 2. The Hall–Kier alpha value is -0.840. The second-order valence-corrected chi connectivity index (χ2v) is 3.77. The van der Waals surface area contributed by atoms with E-state index >= 15 is 0 Å². The van der Waals surface area contributed by atoms with E-state index in [0.29, 0.717) is 18.0 Å². The van der Waals surface area contributed by atoms with Crippen LogP contribution in [0.15, 0.2) is 18.2 Å². The average Bonchev–Trinajstić information content (AvgIpc) is 2.24. The quantitative estimate of drug-likeness (QED) is 0.770. The van der Waals surface area contributed by atoms with Gasteiger partial charge < -0.3 is 5.32 Å². The zero-order chi connectivity index (χ0) is 12.2. The summed E-state index contributed by atoms with van der Waals surface area (Å²) in [7, 11) is 0. The molecule has 0 heterocycles. The van der Waals surface area contributed by atoms with Gasteiger partial charge in [-0.2, -0.15) is 25.8 Å². The van der Waals surface area contributed by atoms with Crippen LogP contribution < -0.4 is 5.32 Å². The van der Waals surface area contributed by atoms with Crippen molar-refractivity contribution in [2.24, 2.45) is 0 Å². The lowest BCUT2D eigenvalue weighted by molar-refractivity contribution is -0.137. The minimum atomic E-state index is -4.29. The van der Waals surface area contributed by atoms with Crippen molar-refractivity contribution in [3.8, 4) is 0 Å². The van der Waals surface area contributed by atoms with Crippen molar-refractivity contribution < 1.29 is 13.2 Å². The topological polar surface area (TPSA) is 12.0 Å². The third kappa shape index (κ3) is 3.33. The molecule has 0 aliphatic carbocycles. The van der Waals surface area contributed by atoms with E-state index in [-0.39, 0.29) is 0 Å². The fraction of sp³-hybridized carbons (Fsp3) is 0.455. The Labute approximate surface area is 98.5 Å². The van der Waals surface area contributed by atoms with Gasteiger partial charge in [0.05, 0.1) is 5.56 Å². The van der Waals surface area contributed by atoms with Gasteiger partial charge in [-0.15, -0.1) is 0 Å². The summed E-state index contributed by atoms with van der Waals surface area (Å²) in [6.45, 7) is 2.61. The number of benzene rings is 1. The molecule has 0 unspecified atom stereocenters. The Bertz CT molecular complexity index is 350.